The van der Waals surface area contributed by atoms with Crippen LogP contribution in [0.15, 0.2) is 12.1 Å². The standard InChI is InChI=1S/C13H17ClFN3/c14-9-5-12(11(16)6-10(9)15)17-13-7-18-3-1-8(13)2-4-18/h5-6,8,13,17H,1-4,7,16H2. The summed E-state index contributed by atoms with van der Waals surface area (Å²) in [5, 5.41) is 3.55. The van der Waals surface area contributed by atoms with E-state index in [4.69, 9.17) is 17.3 Å². The van der Waals surface area contributed by atoms with Crippen LogP contribution < -0.4 is 11.1 Å². The summed E-state index contributed by atoms with van der Waals surface area (Å²) in [5.41, 5.74) is 7.01. The van der Waals surface area contributed by atoms with Crippen molar-refractivity contribution < 1.29 is 4.39 Å². The monoisotopic (exact) mass is 269 g/mol. The number of anilines is 2. The molecule has 3 fully saturated rings. The van der Waals surface area contributed by atoms with Gasteiger partial charge in [0, 0.05) is 18.7 Å². The highest BCUT2D eigenvalue weighted by Gasteiger charge is 2.34. The fourth-order valence-corrected chi connectivity index (χ4v) is 3.18. The Balaban J connectivity index is 1.78. The van der Waals surface area contributed by atoms with Crippen molar-refractivity contribution in [3.63, 3.8) is 0 Å². The predicted molar refractivity (Wildman–Crippen MR) is 72.4 cm³/mol. The molecule has 1 aromatic carbocycles. The highest BCUT2D eigenvalue weighted by Crippen LogP contribution is 2.32. The summed E-state index contributed by atoms with van der Waals surface area (Å²) in [4.78, 5) is 2.46. The van der Waals surface area contributed by atoms with Crippen molar-refractivity contribution >= 4 is 23.0 Å². The molecule has 3 N–H and O–H groups in total. The van der Waals surface area contributed by atoms with Crippen LogP contribution in [0.2, 0.25) is 5.02 Å². The number of benzene rings is 1. The van der Waals surface area contributed by atoms with Gasteiger partial charge >= 0.3 is 0 Å². The number of fused-ring (bicyclic) bond motifs is 3. The number of piperidine rings is 3. The number of nitrogens with two attached hydrogens (primary N) is 1. The number of hydrogen-bond donors (Lipinski definition) is 2. The molecule has 0 amide bonds. The van der Waals surface area contributed by atoms with Crippen LogP contribution in [0.5, 0.6) is 0 Å². The molecule has 18 heavy (non-hydrogen) atoms. The van der Waals surface area contributed by atoms with Gasteiger partial charge < -0.3 is 16.0 Å². The number of nitrogen functional groups attached to an aromatic ring is 1. The fraction of sp³-hybridized carbons (Fsp3) is 0.538. The van der Waals surface area contributed by atoms with Crippen molar-refractivity contribution in [2.45, 2.75) is 18.9 Å². The molecule has 5 heteroatoms. The number of nitrogens with zero attached hydrogens (tertiary/aromatic N) is 1. The molecule has 98 valence electrons. The van der Waals surface area contributed by atoms with Crippen molar-refractivity contribution in [2.24, 2.45) is 5.92 Å². The lowest BCUT2D eigenvalue weighted by atomic mass is 9.84. The molecule has 0 saturated carbocycles. The maximum Gasteiger partial charge on any atom is 0.143 e. The SMILES string of the molecule is Nc1cc(F)c(Cl)cc1NC1CN2CCC1CC2. The van der Waals surface area contributed by atoms with Crippen LogP contribution in [-0.4, -0.2) is 30.6 Å². The molecule has 2 bridgehead atoms. The Morgan fingerprint density at radius 2 is 2.06 bits per heavy atom. The topological polar surface area (TPSA) is 41.3 Å². The van der Waals surface area contributed by atoms with Crippen molar-refractivity contribution in [1.29, 1.82) is 0 Å². The lowest BCUT2D eigenvalue weighted by Gasteiger charge is -2.45. The predicted octanol–water partition coefficient (Wildman–Crippen LogP) is 2.57. The van der Waals surface area contributed by atoms with Gasteiger partial charge in [-0.05, 0) is 37.9 Å². The highest BCUT2D eigenvalue weighted by atomic mass is 35.5. The maximum atomic E-state index is 13.2. The first-order chi connectivity index (χ1) is 8.63. The summed E-state index contributed by atoms with van der Waals surface area (Å²) in [6, 6.07) is 3.27. The van der Waals surface area contributed by atoms with Crippen LogP contribution in [0, 0.1) is 11.7 Å². The van der Waals surface area contributed by atoms with Gasteiger partial charge in [0.05, 0.1) is 16.4 Å². The second-order valence-electron chi connectivity index (χ2n) is 5.24. The van der Waals surface area contributed by atoms with E-state index in [1.54, 1.807) is 6.07 Å². The van der Waals surface area contributed by atoms with Gasteiger partial charge in [0.1, 0.15) is 5.82 Å². The number of nitrogens with one attached hydrogen (secondary N) is 1. The summed E-state index contributed by atoms with van der Waals surface area (Å²) in [7, 11) is 0. The third-order valence-electron chi connectivity index (χ3n) is 4.09. The summed E-state index contributed by atoms with van der Waals surface area (Å²) in [6.07, 6.45) is 2.46. The van der Waals surface area contributed by atoms with E-state index in [1.807, 2.05) is 0 Å². The normalized spacial score (nSPS) is 30.4. The average Bonchev–Trinajstić information content (AvgIpc) is 2.37. The number of halogens is 2. The second kappa shape index (κ2) is 4.59. The summed E-state index contributed by atoms with van der Waals surface area (Å²) < 4.78 is 13.2. The molecule has 0 spiro atoms. The first kappa shape index (κ1) is 12.1. The summed E-state index contributed by atoms with van der Waals surface area (Å²) >= 11 is 5.80. The van der Waals surface area contributed by atoms with E-state index < -0.39 is 5.82 Å². The van der Waals surface area contributed by atoms with Crippen molar-refractivity contribution in [2.75, 3.05) is 30.7 Å². The van der Waals surface area contributed by atoms with E-state index in [0.29, 0.717) is 17.6 Å². The Labute approximate surface area is 111 Å². The minimum Gasteiger partial charge on any atom is -0.397 e. The number of rotatable bonds is 2. The smallest absolute Gasteiger partial charge is 0.143 e. The first-order valence-electron chi connectivity index (χ1n) is 6.37. The lowest BCUT2D eigenvalue weighted by molar-refractivity contribution is 0.0975. The third kappa shape index (κ3) is 2.15. The van der Waals surface area contributed by atoms with Crippen LogP contribution >= 0.6 is 11.6 Å². The first-order valence-corrected chi connectivity index (χ1v) is 6.74. The summed E-state index contributed by atoms with van der Waals surface area (Å²) in [6.45, 7) is 3.43. The van der Waals surface area contributed by atoms with Crippen LogP contribution in [0.4, 0.5) is 15.8 Å². The molecule has 1 atom stereocenters. The Morgan fingerprint density at radius 3 is 2.67 bits per heavy atom. The van der Waals surface area contributed by atoms with Crippen LogP contribution in [-0.2, 0) is 0 Å². The summed E-state index contributed by atoms with van der Waals surface area (Å²) in [5.74, 6) is 0.229. The van der Waals surface area contributed by atoms with E-state index in [0.717, 1.165) is 12.2 Å². The van der Waals surface area contributed by atoms with E-state index in [2.05, 4.69) is 10.2 Å². The molecule has 0 aliphatic carbocycles. The molecule has 3 aliphatic rings. The van der Waals surface area contributed by atoms with Crippen molar-refractivity contribution in [3.05, 3.63) is 23.0 Å². The Morgan fingerprint density at radius 1 is 1.33 bits per heavy atom. The third-order valence-corrected chi connectivity index (χ3v) is 4.38. The van der Waals surface area contributed by atoms with E-state index in [9.17, 15) is 4.39 Å². The van der Waals surface area contributed by atoms with E-state index in [1.165, 1.54) is 32.0 Å². The molecule has 3 saturated heterocycles. The van der Waals surface area contributed by atoms with Gasteiger partial charge in [0.15, 0.2) is 0 Å². The average molecular weight is 270 g/mol. The van der Waals surface area contributed by atoms with E-state index in [-0.39, 0.29) is 5.02 Å². The highest BCUT2D eigenvalue weighted by molar-refractivity contribution is 6.31. The molecule has 3 aliphatic heterocycles. The van der Waals surface area contributed by atoms with Gasteiger partial charge in [-0.3, -0.25) is 0 Å². The largest absolute Gasteiger partial charge is 0.397 e. The van der Waals surface area contributed by atoms with Gasteiger partial charge in [0.2, 0.25) is 0 Å². The molecule has 3 heterocycles. The minimum absolute atomic E-state index is 0.118. The second-order valence-corrected chi connectivity index (χ2v) is 5.65. The van der Waals surface area contributed by atoms with Crippen LogP contribution in [0.3, 0.4) is 0 Å². The van der Waals surface area contributed by atoms with Crippen molar-refractivity contribution in [1.82, 2.24) is 4.90 Å². The van der Waals surface area contributed by atoms with Gasteiger partial charge in [-0.2, -0.15) is 0 Å². The zero-order chi connectivity index (χ0) is 12.7. The van der Waals surface area contributed by atoms with Gasteiger partial charge in [-0.1, -0.05) is 11.6 Å². The maximum absolute atomic E-state index is 13.2. The molecular formula is C13H17ClFN3. The molecule has 1 aromatic rings. The molecule has 0 radical (unpaired) electrons. The van der Waals surface area contributed by atoms with Gasteiger partial charge in [-0.25, -0.2) is 4.39 Å². The zero-order valence-corrected chi connectivity index (χ0v) is 10.9. The molecule has 4 rings (SSSR count). The minimum atomic E-state index is -0.464. The van der Waals surface area contributed by atoms with Gasteiger partial charge in [-0.15, -0.1) is 0 Å². The van der Waals surface area contributed by atoms with Crippen molar-refractivity contribution in [3.8, 4) is 0 Å². The Hall–Kier alpha value is -1.00. The zero-order valence-electron chi connectivity index (χ0n) is 10.1. The Bertz CT molecular complexity index is 458. The Kier molecular flexibility index (Phi) is 3.08. The lowest BCUT2D eigenvalue weighted by Crippen LogP contribution is -2.53. The van der Waals surface area contributed by atoms with Crippen LogP contribution in [0.1, 0.15) is 12.8 Å². The molecule has 3 nitrogen and oxygen atoms in total. The number of hydrogen-bond acceptors (Lipinski definition) is 3. The van der Waals surface area contributed by atoms with E-state index >= 15 is 0 Å². The molecule has 0 aromatic heterocycles. The fourth-order valence-electron chi connectivity index (χ4n) is 3.02. The van der Waals surface area contributed by atoms with Crippen LogP contribution in [0.25, 0.3) is 0 Å². The molecule has 1 unspecified atom stereocenters. The van der Waals surface area contributed by atoms with Gasteiger partial charge in [0.25, 0.3) is 0 Å². The molecular weight excluding hydrogens is 253 g/mol. The quantitative estimate of drug-likeness (QED) is 0.811.